The summed E-state index contributed by atoms with van der Waals surface area (Å²) in [5, 5.41) is 10.1. The van der Waals surface area contributed by atoms with Crippen LogP contribution in [0.2, 0.25) is 0 Å². The maximum atomic E-state index is 10.1. The molecule has 0 aliphatic rings. The predicted octanol–water partition coefficient (Wildman–Crippen LogP) is 5.34. The lowest BCUT2D eigenvalue weighted by Crippen LogP contribution is -1.84. The summed E-state index contributed by atoms with van der Waals surface area (Å²) in [7, 11) is 0. The number of phenolic OH excluding ortho intramolecular Hbond substituents is 1. The second kappa shape index (κ2) is 5.45. The molecule has 1 N–H and O–H groups in total. The summed E-state index contributed by atoms with van der Waals surface area (Å²) in [6.45, 7) is 4.14. The first-order valence-corrected chi connectivity index (χ1v) is 7.10. The van der Waals surface area contributed by atoms with E-state index in [0.717, 1.165) is 22.3 Å². The minimum atomic E-state index is 0.315. The van der Waals surface area contributed by atoms with Gasteiger partial charge >= 0.3 is 0 Å². The molecule has 0 unspecified atom stereocenters. The predicted molar refractivity (Wildman–Crippen MR) is 88.5 cm³/mol. The summed E-state index contributed by atoms with van der Waals surface area (Å²) in [5.74, 6) is 0.315. The fraction of sp³-hybridized carbons (Fsp3) is 0.100. The van der Waals surface area contributed by atoms with Crippen molar-refractivity contribution in [2.45, 2.75) is 13.8 Å². The molecule has 0 saturated carbocycles. The highest BCUT2D eigenvalue weighted by Crippen LogP contribution is 2.33. The molecule has 0 saturated heterocycles. The zero-order valence-corrected chi connectivity index (χ0v) is 12.3. The fourth-order valence-electron chi connectivity index (χ4n) is 2.43. The first-order valence-electron chi connectivity index (χ1n) is 7.10. The number of hydrogen-bond acceptors (Lipinski definition) is 1. The summed E-state index contributed by atoms with van der Waals surface area (Å²) in [6, 6.07) is 22.4. The van der Waals surface area contributed by atoms with Crippen molar-refractivity contribution in [3.05, 3.63) is 77.9 Å². The van der Waals surface area contributed by atoms with E-state index in [9.17, 15) is 5.11 Å². The van der Waals surface area contributed by atoms with Gasteiger partial charge in [-0.1, -0.05) is 65.7 Å². The quantitative estimate of drug-likeness (QED) is 0.668. The van der Waals surface area contributed by atoms with Crippen LogP contribution in [0.25, 0.3) is 22.3 Å². The maximum absolute atomic E-state index is 10.1. The molecule has 3 rings (SSSR count). The lowest BCUT2D eigenvalue weighted by atomic mass is 9.97. The molecule has 0 fully saturated rings. The highest BCUT2D eigenvalue weighted by atomic mass is 16.3. The molecule has 0 bridgehead atoms. The van der Waals surface area contributed by atoms with Gasteiger partial charge in [-0.15, -0.1) is 0 Å². The number of benzene rings is 3. The van der Waals surface area contributed by atoms with Crippen LogP contribution in [0.3, 0.4) is 0 Å². The Balaban J connectivity index is 2.07. The Labute approximate surface area is 125 Å². The van der Waals surface area contributed by atoms with Crippen molar-refractivity contribution in [1.82, 2.24) is 0 Å². The zero-order valence-electron chi connectivity index (χ0n) is 12.3. The topological polar surface area (TPSA) is 20.2 Å². The van der Waals surface area contributed by atoms with Gasteiger partial charge in [0.15, 0.2) is 0 Å². The molecular formula is C20H18O. The molecule has 0 amide bonds. The molecule has 0 atom stereocenters. The number of aromatic hydroxyl groups is 1. The van der Waals surface area contributed by atoms with Crippen LogP contribution >= 0.6 is 0 Å². The Kier molecular flexibility index (Phi) is 3.49. The van der Waals surface area contributed by atoms with E-state index in [1.165, 1.54) is 11.1 Å². The van der Waals surface area contributed by atoms with E-state index < -0.39 is 0 Å². The van der Waals surface area contributed by atoms with E-state index in [-0.39, 0.29) is 0 Å². The molecule has 1 heteroatoms. The van der Waals surface area contributed by atoms with Gasteiger partial charge in [-0.2, -0.15) is 0 Å². The van der Waals surface area contributed by atoms with Crippen molar-refractivity contribution in [2.75, 3.05) is 0 Å². The molecule has 1 nitrogen and oxygen atoms in total. The molecule has 3 aromatic carbocycles. The third-order valence-corrected chi connectivity index (χ3v) is 3.74. The molecule has 21 heavy (non-hydrogen) atoms. The van der Waals surface area contributed by atoms with Gasteiger partial charge in [0.25, 0.3) is 0 Å². The second-order valence-electron chi connectivity index (χ2n) is 5.46. The van der Waals surface area contributed by atoms with Crippen LogP contribution in [-0.4, -0.2) is 5.11 Å². The summed E-state index contributed by atoms with van der Waals surface area (Å²) in [5.41, 5.74) is 6.64. The average molecular weight is 274 g/mol. The summed E-state index contributed by atoms with van der Waals surface area (Å²) >= 11 is 0. The van der Waals surface area contributed by atoms with E-state index >= 15 is 0 Å². The molecule has 0 aromatic heterocycles. The van der Waals surface area contributed by atoms with Crippen molar-refractivity contribution < 1.29 is 5.11 Å². The van der Waals surface area contributed by atoms with Crippen molar-refractivity contribution in [3.8, 4) is 28.0 Å². The smallest absolute Gasteiger partial charge is 0.123 e. The van der Waals surface area contributed by atoms with Crippen LogP contribution in [0.1, 0.15) is 11.1 Å². The number of rotatable bonds is 2. The molecule has 0 spiro atoms. The molecule has 104 valence electrons. The third kappa shape index (κ3) is 2.82. The normalized spacial score (nSPS) is 10.6. The molecule has 0 radical (unpaired) electrons. The van der Waals surface area contributed by atoms with E-state index in [1.54, 1.807) is 6.07 Å². The first kappa shape index (κ1) is 13.4. The largest absolute Gasteiger partial charge is 0.507 e. The minimum Gasteiger partial charge on any atom is -0.507 e. The summed E-state index contributed by atoms with van der Waals surface area (Å²) < 4.78 is 0. The highest BCUT2D eigenvalue weighted by Gasteiger charge is 2.07. The van der Waals surface area contributed by atoms with Gasteiger partial charge in [0.1, 0.15) is 5.75 Å². The van der Waals surface area contributed by atoms with Gasteiger partial charge in [-0.05, 0) is 42.7 Å². The van der Waals surface area contributed by atoms with Gasteiger partial charge in [0.05, 0.1) is 0 Å². The van der Waals surface area contributed by atoms with E-state index in [2.05, 4.69) is 50.2 Å². The highest BCUT2D eigenvalue weighted by molar-refractivity contribution is 5.77. The van der Waals surface area contributed by atoms with E-state index in [4.69, 9.17) is 0 Å². The van der Waals surface area contributed by atoms with Gasteiger partial charge in [0.2, 0.25) is 0 Å². The number of aryl methyl sites for hydroxylation is 2. The van der Waals surface area contributed by atoms with Crippen LogP contribution in [0.15, 0.2) is 66.7 Å². The van der Waals surface area contributed by atoms with Crippen molar-refractivity contribution in [2.24, 2.45) is 0 Å². The number of hydrogen-bond donors (Lipinski definition) is 1. The van der Waals surface area contributed by atoms with Gasteiger partial charge < -0.3 is 5.11 Å². The van der Waals surface area contributed by atoms with Crippen LogP contribution in [0, 0.1) is 13.8 Å². The molecule has 0 aliphatic carbocycles. The van der Waals surface area contributed by atoms with Gasteiger partial charge in [0, 0.05) is 5.56 Å². The van der Waals surface area contributed by atoms with Crippen LogP contribution in [-0.2, 0) is 0 Å². The average Bonchev–Trinajstić information content (AvgIpc) is 2.50. The monoisotopic (exact) mass is 274 g/mol. The van der Waals surface area contributed by atoms with Crippen molar-refractivity contribution in [1.29, 1.82) is 0 Å². The lowest BCUT2D eigenvalue weighted by Gasteiger charge is -2.09. The zero-order chi connectivity index (χ0) is 14.8. The van der Waals surface area contributed by atoms with Crippen LogP contribution < -0.4 is 0 Å². The van der Waals surface area contributed by atoms with Gasteiger partial charge in [-0.3, -0.25) is 0 Å². The minimum absolute atomic E-state index is 0.315. The molecule has 0 heterocycles. The Hall–Kier alpha value is -2.54. The molecular weight excluding hydrogens is 256 g/mol. The van der Waals surface area contributed by atoms with Gasteiger partial charge in [-0.25, -0.2) is 0 Å². The van der Waals surface area contributed by atoms with Crippen molar-refractivity contribution >= 4 is 0 Å². The molecule has 0 aliphatic heterocycles. The third-order valence-electron chi connectivity index (χ3n) is 3.74. The Bertz CT molecular complexity index is 753. The lowest BCUT2D eigenvalue weighted by molar-refractivity contribution is 0.477. The van der Waals surface area contributed by atoms with E-state index in [0.29, 0.717) is 5.75 Å². The summed E-state index contributed by atoms with van der Waals surface area (Å²) in [6.07, 6.45) is 0. The second-order valence-corrected chi connectivity index (χ2v) is 5.46. The van der Waals surface area contributed by atoms with E-state index in [1.807, 2.05) is 24.3 Å². The standard InChI is InChI=1S/C20H18O/c1-14-3-7-16(8-4-14)18-11-12-20(21)19(13-18)17-9-5-15(2)6-10-17/h3-13,21H,1-2H3. The SMILES string of the molecule is Cc1ccc(-c2ccc(O)c(-c3ccc(C)cc3)c2)cc1. The Morgan fingerprint density at radius 2 is 1.05 bits per heavy atom. The summed E-state index contributed by atoms with van der Waals surface area (Å²) in [4.78, 5) is 0. The van der Waals surface area contributed by atoms with Crippen LogP contribution in [0.4, 0.5) is 0 Å². The van der Waals surface area contributed by atoms with Crippen molar-refractivity contribution in [3.63, 3.8) is 0 Å². The van der Waals surface area contributed by atoms with Crippen LogP contribution in [0.5, 0.6) is 5.75 Å². The fourth-order valence-corrected chi connectivity index (χ4v) is 2.43. The Morgan fingerprint density at radius 3 is 1.62 bits per heavy atom. The first-order chi connectivity index (χ1) is 10.1. The number of phenols is 1. The Morgan fingerprint density at radius 1 is 0.571 bits per heavy atom. The maximum Gasteiger partial charge on any atom is 0.123 e. The molecule has 3 aromatic rings.